The van der Waals surface area contributed by atoms with Gasteiger partial charge in [0.05, 0.1) is 13.2 Å². The number of hydrogen-bond acceptors (Lipinski definition) is 4. The highest BCUT2D eigenvalue weighted by Crippen LogP contribution is 2.42. The van der Waals surface area contributed by atoms with Crippen molar-refractivity contribution >= 4 is 0 Å². The average molecular weight is 246 g/mol. The normalized spacial score (nSPS) is 30.5. The van der Waals surface area contributed by atoms with Crippen LogP contribution in [0.2, 0.25) is 0 Å². The van der Waals surface area contributed by atoms with Crippen molar-refractivity contribution in [1.29, 1.82) is 0 Å². The lowest BCUT2D eigenvalue weighted by atomic mass is 9.71. The molecule has 0 spiro atoms. The van der Waals surface area contributed by atoms with E-state index >= 15 is 0 Å². The minimum Gasteiger partial charge on any atom is -0.382 e. The summed E-state index contributed by atoms with van der Waals surface area (Å²) in [4.78, 5) is 4.61. The van der Waals surface area contributed by atoms with Gasteiger partial charge in [0.25, 0.3) is 0 Å². The maximum absolute atomic E-state index is 9.06. The van der Waals surface area contributed by atoms with E-state index < -0.39 is 5.79 Å². The summed E-state index contributed by atoms with van der Waals surface area (Å²) in [6.07, 6.45) is 3.54. The van der Waals surface area contributed by atoms with Gasteiger partial charge in [-0.15, -0.1) is 0 Å². The van der Waals surface area contributed by atoms with Crippen LogP contribution in [0.1, 0.15) is 46.5 Å². The first-order valence-electron chi connectivity index (χ1n) is 6.39. The molecule has 0 heterocycles. The SMILES string of the molecule is COCCOC1(OO)CCC(C(C)(C)C)CC1. The van der Waals surface area contributed by atoms with Gasteiger partial charge in [0.15, 0.2) is 0 Å². The molecule has 1 rings (SSSR count). The lowest BCUT2D eigenvalue weighted by Crippen LogP contribution is -2.42. The van der Waals surface area contributed by atoms with Crippen LogP contribution >= 0.6 is 0 Å². The van der Waals surface area contributed by atoms with Gasteiger partial charge in [0, 0.05) is 20.0 Å². The fourth-order valence-corrected chi connectivity index (χ4v) is 2.50. The summed E-state index contributed by atoms with van der Waals surface area (Å²) >= 11 is 0. The lowest BCUT2D eigenvalue weighted by molar-refractivity contribution is -0.414. The third-order valence-electron chi connectivity index (χ3n) is 3.79. The fourth-order valence-electron chi connectivity index (χ4n) is 2.50. The first-order chi connectivity index (χ1) is 7.93. The molecule has 1 fully saturated rings. The highest BCUT2D eigenvalue weighted by molar-refractivity contribution is 4.84. The van der Waals surface area contributed by atoms with Gasteiger partial charge in [0.2, 0.25) is 5.79 Å². The Balaban J connectivity index is 2.45. The van der Waals surface area contributed by atoms with Crippen molar-refractivity contribution in [3.05, 3.63) is 0 Å². The molecule has 0 bridgehead atoms. The smallest absolute Gasteiger partial charge is 0.201 e. The van der Waals surface area contributed by atoms with E-state index in [1.54, 1.807) is 7.11 Å². The molecule has 4 nitrogen and oxygen atoms in total. The summed E-state index contributed by atoms with van der Waals surface area (Å²) in [7, 11) is 1.63. The summed E-state index contributed by atoms with van der Waals surface area (Å²) in [5, 5.41) is 9.06. The van der Waals surface area contributed by atoms with E-state index in [4.69, 9.17) is 14.7 Å². The van der Waals surface area contributed by atoms with Crippen molar-refractivity contribution in [3.8, 4) is 0 Å². The van der Waals surface area contributed by atoms with Crippen LogP contribution < -0.4 is 0 Å². The van der Waals surface area contributed by atoms with Crippen molar-refractivity contribution in [2.75, 3.05) is 20.3 Å². The van der Waals surface area contributed by atoms with Gasteiger partial charge in [-0.2, -0.15) is 0 Å². The van der Waals surface area contributed by atoms with Gasteiger partial charge in [-0.05, 0) is 24.2 Å². The van der Waals surface area contributed by atoms with E-state index in [1.165, 1.54) is 0 Å². The Hall–Kier alpha value is -0.160. The number of rotatable bonds is 5. The largest absolute Gasteiger partial charge is 0.382 e. The second kappa shape index (κ2) is 6.14. The van der Waals surface area contributed by atoms with E-state index in [1.807, 2.05) is 0 Å². The van der Waals surface area contributed by atoms with Gasteiger partial charge in [-0.3, -0.25) is 0 Å². The van der Waals surface area contributed by atoms with Crippen molar-refractivity contribution in [2.24, 2.45) is 11.3 Å². The molecule has 0 atom stereocenters. The molecule has 0 aromatic heterocycles. The molecule has 1 aliphatic carbocycles. The Morgan fingerprint density at radius 3 is 2.18 bits per heavy atom. The van der Waals surface area contributed by atoms with Crippen LogP contribution in [0.25, 0.3) is 0 Å². The summed E-state index contributed by atoms with van der Waals surface area (Å²) in [5.41, 5.74) is 0.314. The molecule has 0 amide bonds. The van der Waals surface area contributed by atoms with Gasteiger partial charge >= 0.3 is 0 Å². The van der Waals surface area contributed by atoms with Crippen molar-refractivity contribution in [3.63, 3.8) is 0 Å². The summed E-state index contributed by atoms with van der Waals surface area (Å²) in [6.45, 7) is 7.76. The number of hydrogen-bond donors (Lipinski definition) is 1. The zero-order valence-electron chi connectivity index (χ0n) is 11.5. The van der Waals surface area contributed by atoms with Crippen LogP contribution in [0.15, 0.2) is 0 Å². The van der Waals surface area contributed by atoms with Gasteiger partial charge in [0.1, 0.15) is 0 Å². The second-order valence-electron chi connectivity index (χ2n) is 5.98. The Bertz CT molecular complexity index is 214. The van der Waals surface area contributed by atoms with E-state index in [0.29, 0.717) is 24.5 Å². The van der Waals surface area contributed by atoms with Crippen LogP contribution in [0.3, 0.4) is 0 Å². The third kappa shape index (κ3) is 4.21. The van der Waals surface area contributed by atoms with E-state index in [-0.39, 0.29) is 0 Å². The minimum absolute atomic E-state index is 0.314. The van der Waals surface area contributed by atoms with E-state index in [2.05, 4.69) is 25.7 Å². The maximum Gasteiger partial charge on any atom is 0.201 e. The molecule has 1 aliphatic rings. The topological polar surface area (TPSA) is 47.9 Å². The summed E-state index contributed by atoms with van der Waals surface area (Å²) in [6, 6.07) is 0. The molecule has 0 saturated heterocycles. The Morgan fingerprint density at radius 2 is 1.76 bits per heavy atom. The zero-order chi connectivity index (χ0) is 12.9. The predicted octanol–water partition coefficient (Wildman–Crippen LogP) is 3.07. The standard InChI is InChI=1S/C13H26O4/c1-12(2,3)11-5-7-13(17-14,8-6-11)16-10-9-15-4/h11,14H,5-10H2,1-4H3. The summed E-state index contributed by atoms with van der Waals surface area (Å²) < 4.78 is 10.6. The third-order valence-corrected chi connectivity index (χ3v) is 3.79. The van der Waals surface area contributed by atoms with Gasteiger partial charge in [-0.25, -0.2) is 10.1 Å². The number of methoxy groups -OCH3 is 1. The lowest BCUT2D eigenvalue weighted by Gasteiger charge is -2.41. The first kappa shape index (κ1) is 14.9. The first-order valence-corrected chi connectivity index (χ1v) is 6.39. The molecular formula is C13H26O4. The van der Waals surface area contributed by atoms with Crippen LogP contribution in [-0.4, -0.2) is 31.4 Å². The molecule has 1 N–H and O–H groups in total. The van der Waals surface area contributed by atoms with Crippen LogP contribution in [0.5, 0.6) is 0 Å². The monoisotopic (exact) mass is 246 g/mol. The van der Waals surface area contributed by atoms with Gasteiger partial charge in [-0.1, -0.05) is 20.8 Å². The minimum atomic E-state index is -0.805. The average Bonchev–Trinajstić information content (AvgIpc) is 2.29. The molecule has 1 saturated carbocycles. The Labute approximate surface area is 104 Å². The predicted molar refractivity (Wildman–Crippen MR) is 65.7 cm³/mol. The van der Waals surface area contributed by atoms with Crippen LogP contribution in [-0.2, 0) is 14.4 Å². The quantitative estimate of drug-likeness (QED) is 0.350. The Kier molecular flexibility index (Phi) is 5.38. The summed E-state index contributed by atoms with van der Waals surface area (Å²) in [5.74, 6) is -0.142. The molecule has 0 aliphatic heterocycles. The molecule has 0 unspecified atom stereocenters. The molecule has 0 aromatic rings. The molecule has 4 heteroatoms. The van der Waals surface area contributed by atoms with E-state index in [9.17, 15) is 0 Å². The molecule has 0 radical (unpaired) electrons. The van der Waals surface area contributed by atoms with Crippen LogP contribution in [0.4, 0.5) is 0 Å². The number of ether oxygens (including phenoxy) is 2. The van der Waals surface area contributed by atoms with E-state index in [0.717, 1.165) is 25.7 Å². The highest BCUT2D eigenvalue weighted by atomic mass is 17.1. The fraction of sp³-hybridized carbons (Fsp3) is 1.00. The molecule has 102 valence electrons. The Morgan fingerprint density at radius 1 is 1.18 bits per heavy atom. The van der Waals surface area contributed by atoms with Crippen molar-refractivity contribution in [2.45, 2.75) is 52.2 Å². The second-order valence-corrected chi connectivity index (χ2v) is 5.98. The molecule has 17 heavy (non-hydrogen) atoms. The van der Waals surface area contributed by atoms with Gasteiger partial charge < -0.3 is 9.47 Å². The zero-order valence-corrected chi connectivity index (χ0v) is 11.5. The molecular weight excluding hydrogens is 220 g/mol. The maximum atomic E-state index is 9.06. The van der Waals surface area contributed by atoms with Crippen LogP contribution in [0, 0.1) is 11.3 Å². The highest BCUT2D eigenvalue weighted by Gasteiger charge is 2.40. The molecule has 0 aromatic carbocycles. The van der Waals surface area contributed by atoms with Crippen molar-refractivity contribution < 1.29 is 19.6 Å². The van der Waals surface area contributed by atoms with Crippen molar-refractivity contribution in [1.82, 2.24) is 0 Å².